The molecule has 0 aliphatic carbocycles. The summed E-state index contributed by atoms with van der Waals surface area (Å²) in [5.41, 5.74) is 0.952. The van der Waals surface area contributed by atoms with Gasteiger partial charge in [0.15, 0.2) is 0 Å². The number of Topliss-reactive ketones (excluding diaryl/α,β-unsaturated/α-hetero) is 1. The first-order chi connectivity index (χ1) is 10.4. The number of rotatable bonds is 5. The Balaban J connectivity index is 2.04. The lowest BCUT2D eigenvalue weighted by molar-refractivity contribution is -0.119. The first-order valence-corrected chi connectivity index (χ1v) is 8.56. The summed E-state index contributed by atoms with van der Waals surface area (Å²) in [7, 11) is 0. The van der Waals surface area contributed by atoms with Crippen molar-refractivity contribution in [2.45, 2.75) is 32.7 Å². The molecule has 0 radical (unpaired) electrons. The molecule has 1 aromatic carbocycles. The van der Waals surface area contributed by atoms with E-state index in [1.807, 2.05) is 12.1 Å². The van der Waals surface area contributed by atoms with E-state index in [4.69, 9.17) is 23.2 Å². The van der Waals surface area contributed by atoms with Crippen LogP contribution in [0.3, 0.4) is 0 Å². The highest BCUT2D eigenvalue weighted by molar-refractivity contribution is 6.42. The molecule has 122 valence electrons. The standard InChI is InChI=1S/C17H24Cl2N2O/c1-12(2)21-8-6-20(7-9-21)11-15(13(3)22)14-4-5-16(18)17(19)10-14/h4-5,10,12,15H,6-9,11H2,1-3H3/t15-/m0/s1. The average molecular weight is 343 g/mol. The fraction of sp³-hybridized carbons (Fsp3) is 0.588. The third kappa shape index (κ3) is 4.45. The van der Waals surface area contributed by atoms with Gasteiger partial charge in [-0.1, -0.05) is 29.3 Å². The van der Waals surface area contributed by atoms with Crippen LogP contribution < -0.4 is 0 Å². The van der Waals surface area contributed by atoms with Gasteiger partial charge in [0.2, 0.25) is 0 Å². The van der Waals surface area contributed by atoms with Gasteiger partial charge in [0, 0.05) is 38.8 Å². The van der Waals surface area contributed by atoms with Crippen LogP contribution in [0.4, 0.5) is 0 Å². The Bertz CT molecular complexity index is 525. The molecule has 2 rings (SSSR count). The molecule has 1 aliphatic rings. The Morgan fingerprint density at radius 2 is 1.77 bits per heavy atom. The van der Waals surface area contributed by atoms with E-state index in [-0.39, 0.29) is 11.7 Å². The van der Waals surface area contributed by atoms with Crippen molar-refractivity contribution in [1.82, 2.24) is 9.80 Å². The van der Waals surface area contributed by atoms with Gasteiger partial charge in [0.25, 0.3) is 0 Å². The van der Waals surface area contributed by atoms with Crippen LogP contribution in [0.15, 0.2) is 18.2 Å². The maximum atomic E-state index is 12.1. The Labute approximate surface area is 143 Å². The van der Waals surface area contributed by atoms with E-state index in [0.717, 1.165) is 38.3 Å². The summed E-state index contributed by atoms with van der Waals surface area (Å²) in [5.74, 6) is 0.0324. The van der Waals surface area contributed by atoms with E-state index < -0.39 is 0 Å². The van der Waals surface area contributed by atoms with Gasteiger partial charge in [-0.05, 0) is 38.5 Å². The van der Waals surface area contributed by atoms with Gasteiger partial charge in [-0.3, -0.25) is 14.6 Å². The highest BCUT2D eigenvalue weighted by Gasteiger charge is 2.24. The lowest BCUT2D eigenvalue weighted by Gasteiger charge is -2.38. The molecule has 22 heavy (non-hydrogen) atoms. The number of benzene rings is 1. The van der Waals surface area contributed by atoms with Crippen LogP contribution in [0.1, 0.15) is 32.3 Å². The Morgan fingerprint density at radius 1 is 1.14 bits per heavy atom. The third-order valence-corrected chi connectivity index (χ3v) is 5.15. The summed E-state index contributed by atoms with van der Waals surface area (Å²) < 4.78 is 0. The third-order valence-electron chi connectivity index (χ3n) is 4.41. The minimum Gasteiger partial charge on any atom is -0.300 e. The molecule has 0 spiro atoms. The highest BCUT2D eigenvalue weighted by atomic mass is 35.5. The zero-order valence-corrected chi connectivity index (χ0v) is 15.0. The van der Waals surface area contributed by atoms with Crippen LogP contribution in [0.2, 0.25) is 10.0 Å². The van der Waals surface area contributed by atoms with Crippen molar-refractivity contribution in [3.8, 4) is 0 Å². The van der Waals surface area contributed by atoms with Crippen LogP contribution in [-0.4, -0.2) is 54.3 Å². The molecule has 1 saturated heterocycles. The van der Waals surface area contributed by atoms with E-state index in [1.165, 1.54) is 0 Å². The topological polar surface area (TPSA) is 23.6 Å². The molecule has 1 aliphatic heterocycles. The number of hydrogen-bond donors (Lipinski definition) is 0. The zero-order valence-electron chi connectivity index (χ0n) is 13.5. The number of ketones is 1. The summed E-state index contributed by atoms with van der Waals surface area (Å²) in [6.45, 7) is 11.0. The number of carbonyl (C=O) groups is 1. The van der Waals surface area contributed by atoms with Gasteiger partial charge >= 0.3 is 0 Å². The normalized spacial score (nSPS) is 18.6. The second-order valence-electron chi connectivity index (χ2n) is 6.27. The molecule has 0 saturated carbocycles. The lowest BCUT2D eigenvalue weighted by atomic mass is 9.94. The van der Waals surface area contributed by atoms with Crippen LogP contribution in [0, 0.1) is 0 Å². The summed E-state index contributed by atoms with van der Waals surface area (Å²) in [6, 6.07) is 6.08. The van der Waals surface area contributed by atoms with Crippen LogP contribution in [0.5, 0.6) is 0 Å². The molecule has 1 fully saturated rings. The van der Waals surface area contributed by atoms with Crippen molar-refractivity contribution < 1.29 is 4.79 Å². The zero-order chi connectivity index (χ0) is 16.3. The maximum Gasteiger partial charge on any atom is 0.138 e. The first kappa shape index (κ1) is 17.7. The summed E-state index contributed by atoms with van der Waals surface area (Å²) in [4.78, 5) is 16.9. The molecule has 0 bridgehead atoms. The monoisotopic (exact) mass is 342 g/mol. The second-order valence-corrected chi connectivity index (χ2v) is 7.08. The van der Waals surface area contributed by atoms with Gasteiger partial charge in [0.05, 0.1) is 16.0 Å². The molecule has 1 aromatic rings. The molecule has 0 aromatic heterocycles. The van der Waals surface area contributed by atoms with E-state index in [2.05, 4.69) is 23.6 Å². The van der Waals surface area contributed by atoms with Crippen molar-refractivity contribution >= 4 is 29.0 Å². The van der Waals surface area contributed by atoms with Crippen LogP contribution in [-0.2, 0) is 4.79 Å². The van der Waals surface area contributed by atoms with Crippen molar-refractivity contribution in [3.05, 3.63) is 33.8 Å². The SMILES string of the molecule is CC(=O)[C@H](CN1CCN(C(C)C)CC1)c1ccc(Cl)c(Cl)c1. The maximum absolute atomic E-state index is 12.1. The predicted octanol–water partition coefficient (Wildman–Crippen LogP) is 3.69. The van der Waals surface area contributed by atoms with Gasteiger partial charge in [0.1, 0.15) is 5.78 Å². The van der Waals surface area contributed by atoms with Gasteiger partial charge in [-0.25, -0.2) is 0 Å². The van der Waals surface area contributed by atoms with Crippen molar-refractivity contribution in [2.24, 2.45) is 0 Å². The molecular weight excluding hydrogens is 319 g/mol. The minimum absolute atomic E-state index is 0.139. The van der Waals surface area contributed by atoms with Crippen molar-refractivity contribution in [3.63, 3.8) is 0 Å². The number of nitrogens with zero attached hydrogens (tertiary/aromatic N) is 2. The Kier molecular flexibility index (Phi) is 6.27. The summed E-state index contributed by atoms with van der Waals surface area (Å²) in [5, 5.41) is 1.04. The fourth-order valence-corrected chi connectivity index (χ4v) is 3.22. The van der Waals surface area contributed by atoms with Crippen molar-refractivity contribution in [2.75, 3.05) is 32.7 Å². The summed E-state index contributed by atoms with van der Waals surface area (Å²) in [6.07, 6.45) is 0. The Morgan fingerprint density at radius 3 is 2.27 bits per heavy atom. The largest absolute Gasteiger partial charge is 0.300 e. The molecular formula is C17H24Cl2N2O. The average Bonchev–Trinajstić information content (AvgIpc) is 2.48. The number of piperazine rings is 1. The van der Waals surface area contributed by atoms with Crippen LogP contribution >= 0.6 is 23.2 Å². The quantitative estimate of drug-likeness (QED) is 0.815. The molecule has 1 atom stereocenters. The first-order valence-electron chi connectivity index (χ1n) is 7.80. The highest BCUT2D eigenvalue weighted by Crippen LogP contribution is 2.28. The summed E-state index contributed by atoms with van der Waals surface area (Å²) >= 11 is 12.1. The lowest BCUT2D eigenvalue weighted by Crippen LogP contribution is -2.50. The van der Waals surface area contributed by atoms with Crippen LogP contribution in [0.25, 0.3) is 0 Å². The second kappa shape index (κ2) is 7.78. The van der Waals surface area contributed by atoms with Gasteiger partial charge in [-0.2, -0.15) is 0 Å². The van der Waals surface area contributed by atoms with Gasteiger partial charge < -0.3 is 0 Å². The van der Waals surface area contributed by atoms with E-state index in [9.17, 15) is 4.79 Å². The van der Waals surface area contributed by atoms with E-state index in [0.29, 0.717) is 16.1 Å². The molecule has 0 N–H and O–H groups in total. The Hall–Kier alpha value is -0.610. The molecule has 0 unspecified atom stereocenters. The molecule has 0 amide bonds. The predicted molar refractivity (Wildman–Crippen MR) is 93.0 cm³/mol. The minimum atomic E-state index is -0.139. The van der Waals surface area contributed by atoms with E-state index in [1.54, 1.807) is 13.0 Å². The number of halogens is 2. The van der Waals surface area contributed by atoms with Crippen molar-refractivity contribution in [1.29, 1.82) is 0 Å². The smallest absolute Gasteiger partial charge is 0.138 e. The molecule has 1 heterocycles. The fourth-order valence-electron chi connectivity index (χ4n) is 2.92. The number of hydrogen-bond acceptors (Lipinski definition) is 3. The molecule has 3 nitrogen and oxygen atoms in total. The molecule has 5 heteroatoms. The van der Waals surface area contributed by atoms with Gasteiger partial charge in [-0.15, -0.1) is 0 Å². The van der Waals surface area contributed by atoms with E-state index >= 15 is 0 Å². The number of carbonyl (C=O) groups excluding carboxylic acids is 1.